The molecular weight excluding hydrogens is 536 g/mol. The number of anilines is 1. The summed E-state index contributed by atoms with van der Waals surface area (Å²) >= 11 is 0. The summed E-state index contributed by atoms with van der Waals surface area (Å²) in [5.41, 5.74) is -2.03. The normalized spacial score (nSPS) is 17.6. The lowest BCUT2D eigenvalue weighted by molar-refractivity contribution is -0.0429. The van der Waals surface area contributed by atoms with Crippen LogP contribution in [0.25, 0.3) is 10.9 Å². The molecule has 4 aromatic rings. The average molecular weight is 561 g/mol. The molecule has 0 amide bonds. The van der Waals surface area contributed by atoms with Gasteiger partial charge in [-0.2, -0.15) is 21.6 Å². The first-order valence-corrected chi connectivity index (χ1v) is 13.6. The Morgan fingerprint density at radius 2 is 1.85 bits per heavy atom. The highest BCUT2D eigenvalue weighted by Crippen LogP contribution is 2.38. The smallest absolute Gasteiger partial charge is 0.487 e. The fourth-order valence-corrected chi connectivity index (χ4v) is 5.34. The van der Waals surface area contributed by atoms with E-state index >= 15 is 0 Å². The van der Waals surface area contributed by atoms with Crippen LogP contribution in [-0.2, 0) is 29.5 Å². The van der Waals surface area contributed by atoms with E-state index in [4.69, 9.17) is 4.74 Å². The van der Waals surface area contributed by atoms with Gasteiger partial charge in [-0.1, -0.05) is 24.3 Å². The van der Waals surface area contributed by atoms with Crippen molar-refractivity contribution >= 4 is 26.6 Å². The molecule has 0 fully saturated rings. The molecule has 2 atom stereocenters. The zero-order chi connectivity index (χ0) is 27.8. The van der Waals surface area contributed by atoms with E-state index in [9.17, 15) is 31.1 Å². The molecule has 1 aliphatic rings. The molecule has 3 aromatic carbocycles. The minimum atomic E-state index is -5.53. The van der Waals surface area contributed by atoms with E-state index in [0.29, 0.717) is 52.7 Å². The number of aryl methyl sites for hydroxylation is 1. The first-order chi connectivity index (χ1) is 18.5. The molecule has 2 N–H and O–H groups in total. The molecule has 0 aliphatic heterocycles. The summed E-state index contributed by atoms with van der Waals surface area (Å²) in [6, 6.07) is 19.1. The van der Waals surface area contributed by atoms with Gasteiger partial charge in [-0.05, 0) is 90.4 Å². The number of nitrogens with one attached hydrogen (secondary N) is 1. The number of rotatable bonds is 7. The van der Waals surface area contributed by atoms with Crippen molar-refractivity contribution in [2.75, 3.05) is 4.72 Å². The number of hydrogen-bond acceptors (Lipinski definition) is 5. The second-order valence-corrected chi connectivity index (χ2v) is 11.2. The lowest BCUT2D eigenvalue weighted by atomic mass is 9.78. The molecule has 0 saturated carbocycles. The highest BCUT2D eigenvalue weighted by Gasteiger charge is 2.46. The van der Waals surface area contributed by atoms with Crippen molar-refractivity contribution in [3.8, 4) is 5.75 Å². The second-order valence-electron chi connectivity index (χ2n) is 9.49. The predicted molar refractivity (Wildman–Crippen MR) is 138 cm³/mol. The van der Waals surface area contributed by atoms with Crippen LogP contribution in [0.5, 0.6) is 5.75 Å². The number of fused-ring (bicyclic) bond motifs is 2. The third kappa shape index (κ3) is 5.99. The van der Waals surface area contributed by atoms with E-state index in [0.717, 1.165) is 5.56 Å². The third-order valence-electron chi connectivity index (χ3n) is 6.74. The number of benzene rings is 3. The van der Waals surface area contributed by atoms with Crippen LogP contribution in [0, 0.1) is 11.7 Å². The van der Waals surface area contributed by atoms with Gasteiger partial charge in [0.1, 0.15) is 18.2 Å². The highest BCUT2D eigenvalue weighted by atomic mass is 32.2. The molecule has 0 unspecified atom stereocenters. The van der Waals surface area contributed by atoms with Gasteiger partial charge in [0.2, 0.25) is 0 Å². The molecule has 204 valence electrons. The second kappa shape index (κ2) is 10.5. The van der Waals surface area contributed by atoms with Gasteiger partial charge in [0, 0.05) is 11.1 Å². The number of pyridine rings is 1. The Hall–Kier alpha value is -3.70. The number of sulfonamides is 1. The molecule has 11 heteroatoms. The van der Waals surface area contributed by atoms with E-state index in [1.165, 1.54) is 30.3 Å². The number of alkyl halides is 3. The van der Waals surface area contributed by atoms with Crippen LogP contribution < -0.4 is 9.46 Å². The number of ether oxygens (including phenoxy) is 1. The third-order valence-corrected chi connectivity index (χ3v) is 7.86. The maximum absolute atomic E-state index is 13.4. The molecule has 1 aliphatic carbocycles. The molecule has 6 nitrogen and oxygen atoms in total. The average Bonchev–Trinajstić information content (AvgIpc) is 2.88. The minimum Gasteiger partial charge on any atom is -0.487 e. The topological polar surface area (TPSA) is 88.5 Å². The van der Waals surface area contributed by atoms with Gasteiger partial charge in [-0.15, -0.1) is 0 Å². The predicted octanol–water partition coefficient (Wildman–Crippen LogP) is 6.05. The van der Waals surface area contributed by atoms with Crippen molar-refractivity contribution < 1.29 is 35.8 Å². The van der Waals surface area contributed by atoms with Crippen molar-refractivity contribution in [3.63, 3.8) is 0 Å². The van der Waals surface area contributed by atoms with Crippen molar-refractivity contribution in [1.29, 1.82) is 0 Å². The van der Waals surface area contributed by atoms with Gasteiger partial charge in [0.25, 0.3) is 0 Å². The van der Waals surface area contributed by atoms with Crippen LogP contribution in [0.1, 0.15) is 34.9 Å². The number of aliphatic hydroxyl groups excluding tert-OH is 1. The fraction of sp³-hybridized carbons (Fsp3) is 0.250. The summed E-state index contributed by atoms with van der Waals surface area (Å²) in [7, 11) is -5.53. The van der Waals surface area contributed by atoms with E-state index in [-0.39, 0.29) is 24.0 Å². The van der Waals surface area contributed by atoms with Crippen molar-refractivity contribution in [1.82, 2.24) is 4.98 Å². The van der Waals surface area contributed by atoms with Gasteiger partial charge >= 0.3 is 15.5 Å². The molecular formula is C28H24F4N2O4S. The van der Waals surface area contributed by atoms with Crippen LogP contribution in [0.4, 0.5) is 23.2 Å². The largest absolute Gasteiger partial charge is 0.516 e. The summed E-state index contributed by atoms with van der Waals surface area (Å²) in [5, 5.41) is 11.8. The first-order valence-electron chi connectivity index (χ1n) is 12.2. The van der Waals surface area contributed by atoms with Crippen molar-refractivity contribution in [2.45, 2.75) is 37.5 Å². The molecule has 5 rings (SSSR count). The van der Waals surface area contributed by atoms with Crippen LogP contribution in [0.15, 0.2) is 72.8 Å². The number of aliphatic hydroxyl groups is 1. The van der Waals surface area contributed by atoms with Crippen molar-refractivity contribution in [2.24, 2.45) is 5.92 Å². The van der Waals surface area contributed by atoms with Gasteiger partial charge in [0.15, 0.2) is 0 Å². The lowest BCUT2D eigenvalue weighted by Crippen LogP contribution is -2.30. The molecule has 0 spiro atoms. The monoisotopic (exact) mass is 560 g/mol. The Kier molecular flexibility index (Phi) is 7.21. The molecule has 0 radical (unpaired) electrons. The van der Waals surface area contributed by atoms with Crippen LogP contribution in [0.2, 0.25) is 0 Å². The number of nitrogens with zero attached hydrogens (tertiary/aromatic N) is 1. The van der Waals surface area contributed by atoms with Gasteiger partial charge in [0.05, 0.1) is 17.3 Å². The molecule has 0 bridgehead atoms. The number of halogens is 4. The summed E-state index contributed by atoms with van der Waals surface area (Å²) < 4.78 is 82.0. The molecule has 1 aromatic heterocycles. The van der Waals surface area contributed by atoms with E-state index in [2.05, 4.69) is 4.98 Å². The lowest BCUT2D eigenvalue weighted by Gasteiger charge is -2.30. The van der Waals surface area contributed by atoms with E-state index in [1.807, 2.05) is 12.1 Å². The fourth-order valence-electron chi connectivity index (χ4n) is 4.79. The van der Waals surface area contributed by atoms with Crippen LogP contribution in [-0.4, -0.2) is 24.0 Å². The maximum Gasteiger partial charge on any atom is 0.516 e. The van der Waals surface area contributed by atoms with Gasteiger partial charge in [-0.25, -0.2) is 9.37 Å². The molecule has 0 saturated heterocycles. The Labute approximate surface area is 222 Å². The highest BCUT2D eigenvalue weighted by molar-refractivity contribution is 7.93. The summed E-state index contributed by atoms with van der Waals surface area (Å²) in [6.07, 6.45) is 0.839. The first kappa shape index (κ1) is 26.9. The Morgan fingerprint density at radius 1 is 1.03 bits per heavy atom. The quantitative estimate of drug-likeness (QED) is 0.269. The van der Waals surface area contributed by atoms with Crippen LogP contribution >= 0.6 is 0 Å². The SMILES string of the molecule is O=S(=O)(Nc1cccc(C[C@H]2CCc3ccc(OCc4ccc5cc(F)ccc5n4)cc3[C@H]2O)c1)C(F)(F)F. The van der Waals surface area contributed by atoms with E-state index in [1.54, 1.807) is 35.1 Å². The summed E-state index contributed by atoms with van der Waals surface area (Å²) in [5.74, 6) is -0.0271. The Bertz CT molecular complexity index is 1630. The number of aromatic nitrogens is 1. The van der Waals surface area contributed by atoms with Gasteiger partial charge in [-0.3, -0.25) is 4.72 Å². The van der Waals surface area contributed by atoms with Gasteiger partial charge < -0.3 is 9.84 Å². The Morgan fingerprint density at radius 3 is 2.64 bits per heavy atom. The standard InChI is InChI=1S/C28H24F4N2O4S/c29-21-8-11-26-19(14-21)6-9-23(33-26)16-38-24-10-7-18-4-5-20(27(35)25(18)15-24)12-17-2-1-3-22(13-17)34-39(36,37)28(30,31)32/h1-3,6-11,13-15,20,27,34-35H,4-5,12,16H2/t20-,27+/m1/s1. The number of hydrogen-bond donors (Lipinski definition) is 2. The van der Waals surface area contributed by atoms with E-state index < -0.39 is 21.6 Å². The Balaban J connectivity index is 1.27. The summed E-state index contributed by atoms with van der Waals surface area (Å²) in [6.45, 7) is 0.173. The maximum atomic E-state index is 13.4. The minimum absolute atomic E-state index is 0.173. The zero-order valence-corrected chi connectivity index (χ0v) is 21.3. The van der Waals surface area contributed by atoms with Crippen LogP contribution in [0.3, 0.4) is 0 Å². The molecule has 1 heterocycles. The summed E-state index contributed by atoms with van der Waals surface area (Å²) in [4.78, 5) is 4.49. The zero-order valence-electron chi connectivity index (χ0n) is 20.5. The molecule has 39 heavy (non-hydrogen) atoms. The van der Waals surface area contributed by atoms with Crippen molar-refractivity contribution in [3.05, 3.63) is 101 Å².